The largest absolute Gasteiger partial charge is 3.00 e. The molecule has 1 radical (unpaired) electrons. The molecule has 0 N–H and O–H groups in total. The maximum atomic E-state index is 0. The maximum Gasteiger partial charge on any atom is 3.00 e. The van der Waals surface area contributed by atoms with E-state index in [2.05, 4.69) is 0 Å². The quantitative estimate of drug-likeness (QED) is 0.494. The molecule has 0 unspecified atom stereocenters. The van der Waals surface area contributed by atoms with Crippen molar-refractivity contribution in [2.45, 2.75) is 0 Å². The monoisotopic (exact) mass is 220 g/mol. The maximum absolute atomic E-state index is 0. The van der Waals surface area contributed by atoms with Gasteiger partial charge in [-0.15, -0.1) is 0 Å². The van der Waals surface area contributed by atoms with Crippen molar-refractivity contribution in [1.29, 1.82) is 0 Å². The molecule has 0 aliphatic carbocycles. The summed E-state index contributed by atoms with van der Waals surface area (Å²) in [6.07, 6.45) is 0. The molecule has 0 aliphatic heterocycles. The zero-order chi connectivity index (χ0) is 0. The van der Waals surface area contributed by atoms with Gasteiger partial charge in [0.05, 0.1) is 0 Å². The van der Waals surface area contributed by atoms with E-state index in [4.69, 9.17) is 0 Å². The molecule has 5 heavy (non-hydrogen) atoms. The Hall–Kier alpha value is 2.13. The number of rotatable bonds is 0. The topological polar surface area (TPSA) is 28.5 Å². The SMILES string of the molecule is [Al+3].[Mn+2].[Ni+2].[O-2].[Zn+2]. The van der Waals surface area contributed by atoms with Gasteiger partial charge in [0.2, 0.25) is 0 Å². The molecular formula is AlMnNiOZn+7. The van der Waals surface area contributed by atoms with Crippen molar-refractivity contribution in [2.75, 3.05) is 0 Å². The van der Waals surface area contributed by atoms with Gasteiger partial charge in [-0.25, -0.2) is 0 Å². The van der Waals surface area contributed by atoms with Crippen LogP contribution in [-0.2, 0) is 58.5 Å². The van der Waals surface area contributed by atoms with Crippen LogP contribution in [0.1, 0.15) is 0 Å². The first-order valence-electron chi connectivity index (χ1n) is 0. The first-order chi connectivity index (χ1) is 0. The van der Waals surface area contributed by atoms with Crippen LogP contribution in [-0.4, -0.2) is 17.4 Å². The van der Waals surface area contributed by atoms with Crippen molar-refractivity contribution in [1.82, 2.24) is 0 Å². The smallest absolute Gasteiger partial charge is 2.00 e. The molecular weight excluding hydrogens is 222 g/mol. The molecule has 0 aromatic rings. The Morgan fingerprint density at radius 2 is 1.00 bits per heavy atom. The summed E-state index contributed by atoms with van der Waals surface area (Å²) in [7, 11) is 0. The molecule has 0 aromatic heterocycles. The Balaban J connectivity index is 0. The summed E-state index contributed by atoms with van der Waals surface area (Å²) < 4.78 is 0. The van der Waals surface area contributed by atoms with Gasteiger partial charge < -0.3 is 5.48 Å². The van der Waals surface area contributed by atoms with Gasteiger partial charge >= 0.3 is 70.4 Å². The second-order valence-electron chi connectivity index (χ2n) is 0. The number of hydrogen-bond acceptors (Lipinski definition) is 0. The van der Waals surface area contributed by atoms with E-state index in [9.17, 15) is 0 Å². The van der Waals surface area contributed by atoms with E-state index in [0.29, 0.717) is 0 Å². The van der Waals surface area contributed by atoms with Gasteiger partial charge in [0, 0.05) is 0 Å². The Morgan fingerprint density at radius 1 is 1.00 bits per heavy atom. The molecule has 0 amide bonds. The fourth-order valence-corrected chi connectivity index (χ4v) is 0. The zero-order valence-corrected chi connectivity index (χ0v) is 8.68. The van der Waals surface area contributed by atoms with E-state index >= 15 is 0 Å². The van der Waals surface area contributed by atoms with Crippen LogP contribution in [0.3, 0.4) is 0 Å². The summed E-state index contributed by atoms with van der Waals surface area (Å²) >= 11 is 0. The summed E-state index contributed by atoms with van der Waals surface area (Å²) in [4.78, 5) is 0. The minimum Gasteiger partial charge on any atom is -2.00 e. The summed E-state index contributed by atoms with van der Waals surface area (Å²) in [5.41, 5.74) is 0. The Morgan fingerprint density at radius 3 is 1.00 bits per heavy atom. The van der Waals surface area contributed by atoms with Crippen LogP contribution >= 0.6 is 0 Å². The Labute approximate surface area is 75.2 Å². The second-order valence-corrected chi connectivity index (χ2v) is 0. The van der Waals surface area contributed by atoms with Crippen LogP contribution < -0.4 is 0 Å². The molecule has 0 aliphatic rings. The van der Waals surface area contributed by atoms with Crippen molar-refractivity contribution in [3.8, 4) is 0 Å². The van der Waals surface area contributed by atoms with E-state index in [-0.39, 0.29) is 75.9 Å². The summed E-state index contributed by atoms with van der Waals surface area (Å²) in [6, 6.07) is 0. The number of hydrogen-bond donors (Lipinski definition) is 0. The van der Waals surface area contributed by atoms with Crippen molar-refractivity contribution in [2.24, 2.45) is 0 Å². The molecule has 0 fully saturated rings. The van der Waals surface area contributed by atoms with Crippen molar-refractivity contribution in [3.63, 3.8) is 0 Å². The van der Waals surface area contributed by atoms with Crippen LogP contribution in [0.5, 0.6) is 0 Å². The van der Waals surface area contributed by atoms with Crippen molar-refractivity contribution < 1.29 is 58.5 Å². The molecule has 1 nitrogen and oxygen atoms in total. The predicted octanol–water partition coefficient (Wildman–Crippen LogP) is -0.507. The molecule has 5 heteroatoms. The third kappa shape index (κ3) is 23.1. The molecule has 21 valence electrons. The van der Waals surface area contributed by atoms with Crippen LogP contribution in [0, 0.1) is 0 Å². The molecule has 0 atom stereocenters. The van der Waals surface area contributed by atoms with E-state index in [0.717, 1.165) is 0 Å². The summed E-state index contributed by atoms with van der Waals surface area (Å²) in [5.74, 6) is 0. The van der Waals surface area contributed by atoms with Crippen LogP contribution in [0.2, 0.25) is 0 Å². The van der Waals surface area contributed by atoms with E-state index < -0.39 is 0 Å². The van der Waals surface area contributed by atoms with Crippen LogP contribution in [0.25, 0.3) is 0 Å². The van der Waals surface area contributed by atoms with E-state index in [1.54, 1.807) is 0 Å². The molecule has 0 bridgehead atoms. The first-order valence-corrected chi connectivity index (χ1v) is 0. The van der Waals surface area contributed by atoms with Gasteiger partial charge in [-0.1, -0.05) is 0 Å². The van der Waals surface area contributed by atoms with Gasteiger partial charge in [0.15, 0.2) is 0 Å². The average Bonchev–Trinajstić information content (AvgIpc) is 0. The standard InChI is InChI=1S/Al.Mn.Ni.O.Zn/q+3;2*+2;-2;+2. The normalized spacial score (nSPS) is 0. The molecule has 0 saturated heterocycles. The zero-order valence-electron chi connectivity index (χ0n) is 2.39. The summed E-state index contributed by atoms with van der Waals surface area (Å²) in [5, 5.41) is 0. The van der Waals surface area contributed by atoms with Gasteiger partial charge in [-0.3, -0.25) is 0 Å². The third-order valence-corrected chi connectivity index (χ3v) is 0. The predicted molar refractivity (Wildman–Crippen MR) is 6.44 cm³/mol. The van der Waals surface area contributed by atoms with Crippen molar-refractivity contribution in [3.05, 3.63) is 0 Å². The van der Waals surface area contributed by atoms with Gasteiger partial charge in [-0.2, -0.15) is 0 Å². The van der Waals surface area contributed by atoms with E-state index in [1.807, 2.05) is 0 Å². The Kier molecular flexibility index (Phi) is 420. The van der Waals surface area contributed by atoms with Gasteiger partial charge in [0.1, 0.15) is 0 Å². The summed E-state index contributed by atoms with van der Waals surface area (Å²) in [6.45, 7) is 0. The Bertz CT molecular complexity index is 11.6. The average molecular weight is 222 g/mol. The minimum absolute atomic E-state index is 0. The van der Waals surface area contributed by atoms with Crippen molar-refractivity contribution >= 4 is 17.4 Å². The fourth-order valence-electron chi connectivity index (χ4n) is 0. The first kappa shape index (κ1) is 59.1. The molecule has 0 spiro atoms. The third-order valence-electron chi connectivity index (χ3n) is 0. The minimum atomic E-state index is 0. The second kappa shape index (κ2) is 35.6. The molecule has 0 heterocycles. The fraction of sp³-hybridized carbons (Fsp3) is 0. The van der Waals surface area contributed by atoms with Gasteiger partial charge in [-0.05, 0) is 0 Å². The molecule has 0 rings (SSSR count). The van der Waals surface area contributed by atoms with Crippen LogP contribution in [0.4, 0.5) is 0 Å². The van der Waals surface area contributed by atoms with E-state index in [1.165, 1.54) is 0 Å². The van der Waals surface area contributed by atoms with Gasteiger partial charge in [0.25, 0.3) is 0 Å². The molecule has 0 saturated carbocycles. The molecule has 0 aromatic carbocycles. The van der Waals surface area contributed by atoms with Crippen LogP contribution in [0.15, 0.2) is 0 Å².